The van der Waals surface area contributed by atoms with Gasteiger partial charge in [0.05, 0.1) is 12.7 Å². The van der Waals surface area contributed by atoms with Gasteiger partial charge in [-0.1, -0.05) is 36.1 Å². The fourth-order valence-electron chi connectivity index (χ4n) is 2.53. The van der Waals surface area contributed by atoms with E-state index in [9.17, 15) is 9.59 Å². The first kappa shape index (κ1) is 22.8. The number of ether oxygens (including phenoxy) is 1. The van der Waals surface area contributed by atoms with E-state index in [2.05, 4.69) is 17.2 Å². The summed E-state index contributed by atoms with van der Waals surface area (Å²) in [6.07, 6.45) is 2.89. The highest BCUT2D eigenvalue weighted by molar-refractivity contribution is 5.97. The molecule has 4 N–H and O–H groups in total. The summed E-state index contributed by atoms with van der Waals surface area (Å²) in [7, 11) is 1.41. The Bertz CT molecular complexity index is 940. The van der Waals surface area contributed by atoms with Crippen molar-refractivity contribution in [2.45, 2.75) is 25.7 Å². The number of aliphatic hydroxyl groups is 1. The fourth-order valence-corrected chi connectivity index (χ4v) is 2.53. The zero-order valence-corrected chi connectivity index (χ0v) is 16.8. The second kappa shape index (κ2) is 11.5. The topological polar surface area (TPSA) is 108 Å². The number of methoxy groups -OCH3 is 1. The molecule has 0 saturated heterocycles. The summed E-state index contributed by atoms with van der Waals surface area (Å²) >= 11 is 0. The smallest absolute Gasteiger partial charge is 0.268 e. The van der Waals surface area contributed by atoms with Gasteiger partial charge in [-0.05, 0) is 54.5 Å². The number of hydroxylamine groups is 1. The summed E-state index contributed by atoms with van der Waals surface area (Å²) in [5.41, 5.74) is 4.42. The van der Waals surface area contributed by atoms with Crippen LogP contribution in [0.15, 0.2) is 54.6 Å². The van der Waals surface area contributed by atoms with Crippen LogP contribution in [0.1, 0.15) is 34.0 Å². The maximum atomic E-state index is 12.4. The van der Waals surface area contributed by atoms with Gasteiger partial charge in [-0.3, -0.25) is 14.8 Å². The van der Waals surface area contributed by atoms with Crippen LogP contribution < -0.4 is 10.8 Å². The molecule has 2 amide bonds. The van der Waals surface area contributed by atoms with Gasteiger partial charge in [0.15, 0.2) is 0 Å². The van der Waals surface area contributed by atoms with Crippen LogP contribution in [-0.2, 0) is 16.1 Å². The molecule has 0 unspecified atom stereocenters. The number of carbonyl (C=O) groups is 2. The quantitative estimate of drug-likeness (QED) is 0.318. The van der Waals surface area contributed by atoms with E-state index < -0.39 is 24.0 Å². The zero-order valence-electron chi connectivity index (χ0n) is 16.8. The Morgan fingerprint density at radius 2 is 1.80 bits per heavy atom. The summed E-state index contributed by atoms with van der Waals surface area (Å²) in [5.74, 6) is 4.71. The Labute approximate surface area is 175 Å². The highest BCUT2D eigenvalue weighted by atomic mass is 16.5. The second-order valence-electron chi connectivity index (χ2n) is 6.45. The van der Waals surface area contributed by atoms with Gasteiger partial charge in [0, 0.05) is 18.2 Å². The molecule has 2 rings (SSSR count). The third-order valence-corrected chi connectivity index (χ3v) is 4.41. The molecular formula is C23H24N2O5. The van der Waals surface area contributed by atoms with E-state index in [1.807, 2.05) is 30.3 Å². The summed E-state index contributed by atoms with van der Waals surface area (Å²) in [4.78, 5) is 24.1. The van der Waals surface area contributed by atoms with Crippen molar-refractivity contribution >= 4 is 17.9 Å². The first-order valence-electron chi connectivity index (χ1n) is 9.24. The lowest BCUT2D eigenvalue weighted by atomic mass is 10.1. The monoisotopic (exact) mass is 408 g/mol. The molecule has 30 heavy (non-hydrogen) atoms. The predicted molar refractivity (Wildman–Crippen MR) is 112 cm³/mol. The van der Waals surface area contributed by atoms with Crippen molar-refractivity contribution in [3.8, 4) is 11.8 Å². The Kier molecular flexibility index (Phi) is 8.78. The van der Waals surface area contributed by atoms with Crippen LogP contribution >= 0.6 is 0 Å². The Morgan fingerprint density at radius 3 is 2.37 bits per heavy atom. The number of rotatable bonds is 7. The predicted octanol–water partition coefficient (Wildman–Crippen LogP) is 1.88. The summed E-state index contributed by atoms with van der Waals surface area (Å²) in [6.45, 7) is 1.61. The number of hydrogen-bond acceptors (Lipinski definition) is 5. The maximum Gasteiger partial charge on any atom is 0.268 e. The molecule has 0 radical (unpaired) electrons. The molecule has 0 aromatic heterocycles. The summed E-state index contributed by atoms with van der Waals surface area (Å²) in [6, 6.07) is 13.0. The van der Waals surface area contributed by atoms with Crippen LogP contribution in [-0.4, -0.2) is 41.4 Å². The van der Waals surface area contributed by atoms with E-state index in [0.717, 1.165) is 16.7 Å². The molecule has 0 aliphatic rings. The van der Waals surface area contributed by atoms with Crippen LogP contribution in [0.4, 0.5) is 0 Å². The number of allylic oxidation sites excluding steroid dienone is 1. The fraction of sp³-hybridized carbons (Fsp3) is 0.217. The molecule has 0 aliphatic carbocycles. The summed E-state index contributed by atoms with van der Waals surface area (Å²) < 4.78 is 5.07. The number of amides is 2. The Morgan fingerprint density at radius 1 is 1.13 bits per heavy atom. The maximum absolute atomic E-state index is 12.4. The van der Waals surface area contributed by atoms with Gasteiger partial charge in [-0.25, -0.2) is 5.48 Å². The van der Waals surface area contributed by atoms with E-state index >= 15 is 0 Å². The third kappa shape index (κ3) is 6.57. The van der Waals surface area contributed by atoms with Crippen molar-refractivity contribution < 1.29 is 24.6 Å². The van der Waals surface area contributed by atoms with Crippen molar-refractivity contribution in [2.75, 3.05) is 7.11 Å². The number of nitrogens with one attached hydrogen (secondary N) is 2. The van der Waals surface area contributed by atoms with Crippen molar-refractivity contribution in [3.05, 3.63) is 76.9 Å². The normalized spacial score (nSPS) is 12.5. The molecule has 0 fully saturated rings. The van der Waals surface area contributed by atoms with Crippen molar-refractivity contribution in [1.82, 2.24) is 10.8 Å². The Hall–Kier alpha value is -3.44. The van der Waals surface area contributed by atoms with E-state index in [1.54, 1.807) is 37.3 Å². The lowest BCUT2D eigenvalue weighted by molar-refractivity contribution is -0.134. The second-order valence-corrected chi connectivity index (χ2v) is 6.45. The first-order chi connectivity index (χ1) is 14.5. The minimum atomic E-state index is -1.03. The third-order valence-electron chi connectivity index (χ3n) is 4.41. The molecule has 0 spiro atoms. The van der Waals surface area contributed by atoms with Crippen molar-refractivity contribution in [1.29, 1.82) is 0 Å². The van der Waals surface area contributed by atoms with E-state index in [1.165, 1.54) is 12.6 Å². The van der Waals surface area contributed by atoms with Gasteiger partial charge in [0.2, 0.25) is 0 Å². The average molecular weight is 408 g/mol. The number of aliphatic hydroxyl groups excluding tert-OH is 1. The number of benzene rings is 2. The standard InChI is InChI=1S/C23H24N2O5/c1-16(30-2)21(23(28)25-29)24-22(27)20-13-11-18(12-14-20)6-4-3-5-17-7-9-19(15-26)10-8-17/h4,6-14,16,21,26,29H,15H2,1-2H3,(H,24,27)(H,25,28)/b6-4+/t16-,21+/m1/s1. The van der Waals surface area contributed by atoms with Crippen LogP contribution in [0.2, 0.25) is 0 Å². The molecular weight excluding hydrogens is 384 g/mol. The van der Waals surface area contributed by atoms with Gasteiger partial charge < -0.3 is 15.2 Å². The molecule has 0 heterocycles. The van der Waals surface area contributed by atoms with E-state index in [0.29, 0.717) is 5.56 Å². The van der Waals surface area contributed by atoms with E-state index in [-0.39, 0.29) is 6.61 Å². The lowest BCUT2D eigenvalue weighted by Gasteiger charge is -2.22. The van der Waals surface area contributed by atoms with Gasteiger partial charge in [-0.15, -0.1) is 0 Å². The first-order valence-corrected chi connectivity index (χ1v) is 9.24. The van der Waals surface area contributed by atoms with Gasteiger partial charge in [0.25, 0.3) is 11.8 Å². The van der Waals surface area contributed by atoms with Crippen LogP contribution in [0.25, 0.3) is 6.08 Å². The van der Waals surface area contributed by atoms with Crippen molar-refractivity contribution in [3.63, 3.8) is 0 Å². The minimum Gasteiger partial charge on any atom is -0.392 e. The molecule has 7 nitrogen and oxygen atoms in total. The van der Waals surface area contributed by atoms with Gasteiger partial charge in [0.1, 0.15) is 6.04 Å². The van der Waals surface area contributed by atoms with Crippen LogP contribution in [0, 0.1) is 11.8 Å². The highest BCUT2D eigenvalue weighted by Crippen LogP contribution is 2.08. The molecule has 0 bridgehead atoms. The molecule has 2 aromatic carbocycles. The van der Waals surface area contributed by atoms with Gasteiger partial charge >= 0.3 is 0 Å². The molecule has 7 heteroatoms. The minimum absolute atomic E-state index is 0.00231. The lowest BCUT2D eigenvalue weighted by Crippen LogP contribution is -2.52. The van der Waals surface area contributed by atoms with E-state index in [4.69, 9.17) is 15.1 Å². The van der Waals surface area contributed by atoms with Gasteiger partial charge in [-0.2, -0.15) is 0 Å². The largest absolute Gasteiger partial charge is 0.392 e. The van der Waals surface area contributed by atoms with Crippen molar-refractivity contribution in [2.24, 2.45) is 0 Å². The molecule has 156 valence electrons. The van der Waals surface area contributed by atoms with Crippen LogP contribution in [0.3, 0.4) is 0 Å². The Balaban J connectivity index is 2.00. The number of carbonyl (C=O) groups excluding carboxylic acids is 2. The molecule has 2 atom stereocenters. The molecule has 0 aliphatic heterocycles. The zero-order chi connectivity index (χ0) is 21.9. The SMILES string of the molecule is CO[C@H](C)[C@H](NC(=O)c1ccc(/C=C/C#Cc2ccc(CO)cc2)cc1)C(=O)NO. The molecule has 2 aromatic rings. The highest BCUT2D eigenvalue weighted by Gasteiger charge is 2.27. The summed E-state index contributed by atoms with van der Waals surface area (Å²) in [5, 5.41) is 20.4. The average Bonchev–Trinajstić information content (AvgIpc) is 2.79. The van der Waals surface area contributed by atoms with Crippen LogP contribution in [0.5, 0.6) is 0 Å². The molecule has 0 saturated carbocycles. The number of hydrogen-bond donors (Lipinski definition) is 4.